The molecule has 0 unspecified atom stereocenters. The third-order valence-electron chi connectivity index (χ3n) is 4.60. The Balaban J connectivity index is 1.52. The summed E-state index contributed by atoms with van der Waals surface area (Å²) in [6, 6.07) is 31.9. The second-order valence-corrected chi connectivity index (χ2v) is 6.18. The number of benzene rings is 3. The highest BCUT2D eigenvalue weighted by molar-refractivity contribution is 5.53. The van der Waals surface area contributed by atoms with Gasteiger partial charge in [-0.15, -0.1) is 0 Å². The minimum atomic E-state index is 0.216. The molecule has 0 saturated carbocycles. The summed E-state index contributed by atoms with van der Waals surface area (Å²) in [7, 11) is 0. The Morgan fingerprint density at radius 1 is 0.750 bits per heavy atom. The van der Waals surface area contributed by atoms with Crippen molar-refractivity contribution in [1.82, 2.24) is 0 Å². The van der Waals surface area contributed by atoms with Crippen molar-refractivity contribution in [2.24, 2.45) is 0 Å². The molecule has 1 aliphatic heterocycles. The molecule has 3 aromatic rings. The van der Waals surface area contributed by atoms with Crippen LogP contribution in [0.2, 0.25) is 0 Å². The highest BCUT2D eigenvalue weighted by Gasteiger charge is 2.40. The molecule has 1 heterocycles. The third kappa shape index (κ3) is 3.06. The van der Waals surface area contributed by atoms with Gasteiger partial charge >= 0.3 is 0 Å². The molecule has 1 saturated heterocycles. The first kappa shape index (κ1) is 15.0. The molecule has 2 heteroatoms. The van der Waals surface area contributed by atoms with Crippen LogP contribution in [0, 0.1) is 0 Å². The van der Waals surface area contributed by atoms with E-state index >= 15 is 0 Å². The predicted molar refractivity (Wildman–Crippen MR) is 98.0 cm³/mol. The van der Waals surface area contributed by atoms with Gasteiger partial charge in [0, 0.05) is 12.2 Å². The van der Waals surface area contributed by atoms with E-state index in [9.17, 15) is 0 Å². The normalized spacial score (nSPS) is 19.8. The van der Waals surface area contributed by atoms with Crippen LogP contribution in [0.15, 0.2) is 91.0 Å². The Kier molecular flexibility index (Phi) is 4.30. The van der Waals surface area contributed by atoms with Gasteiger partial charge in [0.1, 0.15) is 0 Å². The molecule has 2 atom stereocenters. The van der Waals surface area contributed by atoms with Crippen LogP contribution >= 0.6 is 0 Å². The van der Waals surface area contributed by atoms with Crippen LogP contribution in [0.25, 0.3) is 0 Å². The van der Waals surface area contributed by atoms with Crippen molar-refractivity contribution >= 4 is 5.69 Å². The second kappa shape index (κ2) is 6.90. The van der Waals surface area contributed by atoms with E-state index in [2.05, 4.69) is 89.8 Å². The van der Waals surface area contributed by atoms with Gasteiger partial charge in [-0.2, -0.15) is 0 Å². The molecule has 0 spiro atoms. The van der Waals surface area contributed by atoms with Crippen molar-refractivity contribution in [2.75, 3.05) is 11.4 Å². The van der Waals surface area contributed by atoms with Gasteiger partial charge < -0.3 is 9.64 Å². The second-order valence-electron chi connectivity index (χ2n) is 6.18. The molecular weight excluding hydrogens is 294 g/mol. The number of hydrogen-bond donors (Lipinski definition) is 0. The summed E-state index contributed by atoms with van der Waals surface area (Å²) in [6.07, 6.45) is 0.216. The third-order valence-corrected chi connectivity index (χ3v) is 4.60. The lowest BCUT2D eigenvalue weighted by molar-refractivity contribution is -0.00973. The molecule has 0 aromatic heterocycles. The van der Waals surface area contributed by atoms with E-state index in [0.29, 0.717) is 6.61 Å². The summed E-state index contributed by atoms with van der Waals surface area (Å²) in [5.41, 5.74) is 3.79. The Bertz CT molecular complexity index is 756. The van der Waals surface area contributed by atoms with Gasteiger partial charge in [0.2, 0.25) is 0 Å². The number of anilines is 1. The number of ether oxygens (including phenoxy) is 1. The van der Waals surface area contributed by atoms with Gasteiger partial charge in [0.15, 0.2) is 0 Å². The zero-order chi connectivity index (χ0) is 16.2. The van der Waals surface area contributed by atoms with E-state index in [1.165, 1.54) is 16.8 Å². The van der Waals surface area contributed by atoms with Crippen molar-refractivity contribution in [1.29, 1.82) is 0 Å². The van der Waals surface area contributed by atoms with E-state index in [-0.39, 0.29) is 12.1 Å². The fourth-order valence-electron chi connectivity index (χ4n) is 3.32. The maximum atomic E-state index is 6.24. The zero-order valence-electron chi connectivity index (χ0n) is 13.6. The smallest absolute Gasteiger partial charge is 0.0999 e. The molecule has 4 rings (SSSR count). The van der Waals surface area contributed by atoms with Crippen molar-refractivity contribution < 1.29 is 4.74 Å². The summed E-state index contributed by atoms with van der Waals surface area (Å²) >= 11 is 0. The highest BCUT2D eigenvalue weighted by atomic mass is 16.5. The van der Waals surface area contributed by atoms with Gasteiger partial charge in [0.05, 0.1) is 18.8 Å². The number of para-hydroxylation sites is 1. The molecule has 1 fully saturated rings. The van der Waals surface area contributed by atoms with Crippen molar-refractivity contribution in [3.05, 3.63) is 102 Å². The summed E-state index contributed by atoms with van der Waals surface area (Å²) in [5, 5.41) is 0. The molecule has 0 aliphatic carbocycles. The lowest BCUT2D eigenvalue weighted by atomic mass is 9.90. The van der Waals surface area contributed by atoms with Gasteiger partial charge in [-0.25, -0.2) is 0 Å². The quantitative estimate of drug-likeness (QED) is 0.668. The molecule has 1 aliphatic rings. The van der Waals surface area contributed by atoms with Crippen LogP contribution in [0.3, 0.4) is 0 Å². The Labute approximate surface area is 143 Å². The monoisotopic (exact) mass is 315 g/mol. The first-order valence-corrected chi connectivity index (χ1v) is 8.44. The lowest BCUT2D eigenvalue weighted by Crippen LogP contribution is -2.55. The summed E-state index contributed by atoms with van der Waals surface area (Å²) in [4.78, 5) is 2.42. The predicted octanol–water partition coefficient (Wildman–Crippen LogP) is 4.83. The van der Waals surface area contributed by atoms with Crippen LogP contribution in [-0.4, -0.2) is 12.6 Å². The van der Waals surface area contributed by atoms with E-state index in [1.807, 2.05) is 6.07 Å². The maximum Gasteiger partial charge on any atom is 0.0999 e. The molecule has 0 amide bonds. The molecule has 3 aromatic carbocycles. The standard InChI is InChI=1S/C22H21NO/c1-4-10-18(11-5-1)17-24-21-16-23(20-14-8-3-9-15-20)22(21)19-12-6-2-7-13-19/h1-15,21-22H,16-17H2/t21-,22-/m0/s1. The van der Waals surface area contributed by atoms with E-state index < -0.39 is 0 Å². The average molecular weight is 315 g/mol. The Morgan fingerprint density at radius 2 is 1.33 bits per heavy atom. The first-order valence-electron chi connectivity index (χ1n) is 8.44. The Hall–Kier alpha value is -2.58. The first-order chi connectivity index (χ1) is 11.9. The lowest BCUT2D eigenvalue weighted by Gasteiger charge is -2.49. The Morgan fingerprint density at radius 3 is 2.00 bits per heavy atom. The SMILES string of the molecule is c1ccc(CO[C@H]2CN(c3ccccc3)[C@H]2c2ccccc2)cc1. The largest absolute Gasteiger partial charge is 0.369 e. The summed E-state index contributed by atoms with van der Waals surface area (Å²) in [5.74, 6) is 0. The van der Waals surface area contributed by atoms with Crippen LogP contribution in [0.5, 0.6) is 0 Å². The van der Waals surface area contributed by atoms with Gasteiger partial charge in [0.25, 0.3) is 0 Å². The van der Waals surface area contributed by atoms with Crippen molar-refractivity contribution in [3.8, 4) is 0 Å². The summed E-state index contributed by atoms with van der Waals surface area (Å²) in [6.45, 7) is 1.59. The van der Waals surface area contributed by atoms with Gasteiger partial charge in [-0.3, -0.25) is 0 Å². The van der Waals surface area contributed by atoms with Gasteiger partial charge in [-0.05, 0) is 23.3 Å². The molecule has 2 nitrogen and oxygen atoms in total. The van der Waals surface area contributed by atoms with Crippen LogP contribution < -0.4 is 4.90 Å². The molecule has 120 valence electrons. The van der Waals surface area contributed by atoms with Crippen LogP contribution in [0.4, 0.5) is 5.69 Å². The molecule has 0 bridgehead atoms. The molecule has 0 radical (unpaired) electrons. The van der Waals surface area contributed by atoms with Crippen molar-refractivity contribution in [3.63, 3.8) is 0 Å². The topological polar surface area (TPSA) is 12.5 Å². The fraction of sp³-hybridized carbons (Fsp3) is 0.182. The number of nitrogens with zero attached hydrogens (tertiary/aromatic N) is 1. The van der Waals surface area contributed by atoms with E-state index in [4.69, 9.17) is 4.74 Å². The number of rotatable bonds is 5. The van der Waals surface area contributed by atoms with E-state index in [1.54, 1.807) is 0 Å². The average Bonchev–Trinajstić information content (AvgIpc) is 2.63. The maximum absolute atomic E-state index is 6.24. The summed E-state index contributed by atoms with van der Waals surface area (Å²) < 4.78 is 6.24. The molecular formula is C22H21NO. The van der Waals surface area contributed by atoms with Crippen LogP contribution in [-0.2, 0) is 11.3 Å². The zero-order valence-corrected chi connectivity index (χ0v) is 13.6. The molecule has 24 heavy (non-hydrogen) atoms. The highest BCUT2D eigenvalue weighted by Crippen LogP contribution is 2.39. The molecule has 0 N–H and O–H groups in total. The van der Waals surface area contributed by atoms with E-state index in [0.717, 1.165) is 6.54 Å². The van der Waals surface area contributed by atoms with Crippen molar-refractivity contribution in [2.45, 2.75) is 18.8 Å². The fourth-order valence-corrected chi connectivity index (χ4v) is 3.32. The van der Waals surface area contributed by atoms with Gasteiger partial charge in [-0.1, -0.05) is 78.9 Å². The number of hydrogen-bond acceptors (Lipinski definition) is 2. The minimum Gasteiger partial charge on any atom is -0.369 e. The van der Waals surface area contributed by atoms with Crippen LogP contribution in [0.1, 0.15) is 17.2 Å². The minimum absolute atomic E-state index is 0.216.